The van der Waals surface area contributed by atoms with E-state index in [0.717, 1.165) is 45.3 Å². The largest absolute Gasteiger partial charge is 0.353 e. The number of aryl methyl sites for hydroxylation is 2. The molecule has 1 heterocycles. The molecule has 1 N–H and O–H groups in total. The Labute approximate surface area is 163 Å². The van der Waals surface area contributed by atoms with Crippen molar-refractivity contribution in [3.63, 3.8) is 0 Å². The molecule has 1 amide bonds. The summed E-state index contributed by atoms with van der Waals surface area (Å²) in [6.45, 7) is 7.12. The number of nitrogens with zero attached hydrogens (tertiary/aromatic N) is 1. The van der Waals surface area contributed by atoms with E-state index in [9.17, 15) is 4.79 Å². The fourth-order valence-corrected chi connectivity index (χ4v) is 3.83. The molecule has 0 radical (unpaired) electrons. The van der Waals surface area contributed by atoms with Crippen LogP contribution in [0.4, 0.5) is 0 Å². The van der Waals surface area contributed by atoms with E-state index in [-0.39, 0.29) is 17.9 Å². The van der Waals surface area contributed by atoms with E-state index in [2.05, 4.69) is 72.6 Å². The summed E-state index contributed by atoms with van der Waals surface area (Å²) >= 11 is 0. The molecule has 1 saturated heterocycles. The van der Waals surface area contributed by atoms with Crippen molar-refractivity contribution in [2.24, 2.45) is 5.92 Å². The van der Waals surface area contributed by atoms with E-state index in [0.29, 0.717) is 0 Å². The Morgan fingerprint density at radius 1 is 1.11 bits per heavy atom. The van der Waals surface area contributed by atoms with Crippen molar-refractivity contribution in [1.29, 1.82) is 0 Å². The highest BCUT2D eigenvalue weighted by molar-refractivity contribution is 5.79. The van der Waals surface area contributed by atoms with E-state index in [4.69, 9.17) is 0 Å². The first-order chi connectivity index (χ1) is 13.1. The van der Waals surface area contributed by atoms with Crippen molar-refractivity contribution in [2.45, 2.75) is 52.1 Å². The first-order valence-electron chi connectivity index (χ1n) is 10.2. The fraction of sp³-hybridized carbons (Fsp3) is 0.458. The lowest BCUT2D eigenvalue weighted by molar-refractivity contribution is -0.127. The highest BCUT2D eigenvalue weighted by atomic mass is 16.2. The number of hydrogen-bond acceptors (Lipinski definition) is 2. The van der Waals surface area contributed by atoms with E-state index in [1.165, 1.54) is 16.7 Å². The van der Waals surface area contributed by atoms with Crippen molar-refractivity contribution in [2.75, 3.05) is 13.1 Å². The smallest absolute Gasteiger partial charge is 0.224 e. The van der Waals surface area contributed by atoms with E-state index < -0.39 is 0 Å². The lowest BCUT2D eigenvalue weighted by atomic mass is 9.96. The Morgan fingerprint density at radius 2 is 1.85 bits per heavy atom. The molecule has 2 unspecified atom stereocenters. The van der Waals surface area contributed by atoms with Gasteiger partial charge in [-0.3, -0.25) is 9.69 Å². The monoisotopic (exact) mass is 364 g/mol. The molecule has 2 aromatic rings. The van der Waals surface area contributed by atoms with Gasteiger partial charge in [-0.25, -0.2) is 0 Å². The van der Waals surface area contributed by atoms with Crippen LogP contribution in [0.25, 0.3) is 0 Å². The fourth-order valence-electron chi connectivity index (χ4n) is 3.83. The van der Waals surface area contributed by atoms with E-state index in [1.54, 1.807) is 0 Å². The molecule has 1 fully saturated rings. The predicted molar refractivity (Wildman–Crippen MR) is 112 cm³/mol. The van der Waals surface area contributed by atoms with Crippen LogP contribution in [0.2, 0.25) is 0 Å². The third-order valence-electron chi connectivity index (χ3n) is 5.50. The molecular formula is C24H32N2O. The number of hydrogen-bond donors (Lipinski definition) is 1. The minimum absolute atomic E-state index is 0.114. The Bertz CT molecular complexity index is 711. The number of rotatable bonds is 7. The van der Waals surface area contributed by atoms with Gasteiger partial charge in [0.05, 0.1) is 5.92 Å². The van der Waals surface area contributed by atoms with Crippen molar-refractivity contribution in [3.05, 3.63) is 71.3 Å². The SMILES string of the molecule is Cc1ccc(CN2CCCC(C(=O)NC(C)CCc3ccccc3)C2)cc1. The van der Waals surface area contributed by atoms with Gasteiger partial charge in [0.25, 0.3) is 0 Å². The van der Waals surface area contributed by atoms with Gasteiger partial charge in [0.1, 0.15) is 0 Å². The lowest BCUT2D eigenvalue weighted by Crippen LogP contribution is -2.45. The average Bonchev–Trinajstić information content (AvgIpc) is 2.69. The zero-order valence-electron chi connectivity index (χ0n) is 16.7. The Kier molecular flexibility index (Phi) is 7.05. The number of carbonyl (C=O) groups is 1. The molecule has 0 spiro atoms. The van der Waals surface area contributed by atoms with E-state index in [1.807, 2.05) is 6.07 Å². The number of piperidine rings is 1. The molecule has 144 valence electrons. The Balaban J connectivity index is 1.45. The summed E-state index contributed by atoms with van der Waals surface area (Å²) in [6, 6.07) is 19.4. The maximum atomic E-state index is 12.7. The minimum atomic E-state index is 0.114. The van der Waals surface area contributed by atoms with Gasteiger partial charge < -0.3 is 5.32 Å². The maximum Gasteiger partial charge on any atom is 0.224 e. The van der Waals surface area contributed by atoms with Crippen LogP contribution in [0.1, 0.15) is 42.9 Å². The summed E-state index contributed by atoms with van der Waals surface area (Å²) in [4.78, 5) is 15.1. The van der Waals surface area contributed by atoms with Crippen molar-refractivity contribution in [3.8, 4) is 0 Å². The zero-order chi connectivity index (χ0) is 19.1. The second-order valence-electron chi connectivity index (χ2n) is 7.99. The molecule has 3 nitrogen and oxygen atoms in total. The normalized spacial score (nSPS) is 18.8. The highest BCUT2D eigenvalue weighted by Gasteiger charge is 2.26. The average molecular weight is 365 g/mol. The summed E-state index contributed by atoms with van der Waals surface area (Å²) in [6.07, 6.45) is 4.09. The van der Waals surface area contributed by atoms with E-state index >= 15 is 0 Å². The summed E-state index contributed by atoms with van der Waals surface area (Å²) < 4.78 is 0. The number of amides is 1. The van der Waals surface area contributed by atoms with Crippen LogP contribution in [-0.4, -0.2) is 29.9 Å². The third kappa shape index (κ3) is 6.21. The standard InChI is InChI=1S/C24H32N2O/c1-19-10-13-22(14-11-19)17-26-16-6-9-23(18-26)24(27)25-20(2)12-15-21-7-4-3-5-8-21/h3-5,7-8,10-11,13-14,20,23H,6,9,12,15-18H2,1-2H3,(H,25,27). The molecule has 3 rings (SSSR count). The number of nitrogens with one attached hydrogen (secondary N) is 1. The van der Waals surface area contributed by atoms with Crippen LogP contribution in [0, 0.1) is 12.8 Å². The second kappa shape index (κ2) is 9.70. The second-order valence-corrected chi connectivity index (χ2v) is 7.99. The summed E-state index contributed by atoms with van der Waals surface area (Å²) in [5.41, 5.74) is 3.96. The lowest BCUT2D eigenvalue weighted by Gasteiger charge is -2.32. The number of benzene rings is 2. The minimum Gasteiger partial charge on any atom is -0.353 e. The summed E-state index contributed by atoms with van der Waals surface area (Å²) in [5, 5.41) is 3.25. The van der Waals surface area contributed by atoms with Crippen molar-refractivity contribution < 1.29 is 4.79 Å². The van der Waals surface area contributed by atoms with Gasteiger partial charge in [0.15, 0.2) is 0 Å². The first kappa shape index (κ1) is 19.6. The Hall–Kier alpha value is -2.13. The van der Waals surface area contributed by atoms with Gasteiger partial charge in [0.2, 0.25) is 5.91 Å². The van der Waals surface area contributed by atoms with Gasteiger partial charge in [0, 0.05) is 19.1 Å². The summed E-state index contributed by atoms with van der Waals surface area (Å²) in [7, 11) is 0. The number of carbonyl (C=O) groups excluding carboxylic acids is 1. The van der Waals surface area contributed by atoms with Gasteiger partial charge >= 0.3 is 0 Å². The van der Waals surface area contributed by atoms with Gasteiger partial charge in [-0.15, -0.1) is 0 Å². The number of likely N-dealkylation sites (tertiary alicyclic amines) is 1. The third-order valence-corrected chi connectivity index (χ3v) is 5.50. The predicted octanol–water partition coefficient (Wildman–Crippen LogP) is 4.34. The van der Waals surface area contributed by atoms with Crippen LogP contribution in [0.15, 0.2) is 54.6 Å². The highest BCUT2D eigenvalue weighted by Crippen LogP contribution is 2.19. The maximum absolute atomic E-state index is 12.7. The van der Waals surface area contributed by atoms with Crippen LogP contribution in [0.3, 0.4) is 0 Å². The molecule has 2 atom stereocenters. The van der Waals surface area contributed by atoms with Crippen molar-refractivity contribution >= 4 is 5.91 Å². The van der Waals surface area contributed by atoms with Crippen LogP contribution in [-0.2, 0) is 17.8 Å². The Morgan fingerprint density at radius 3 is 2.59 bits per heavy atom. The molecule has 3 heteroatoms. The van der Waals surface area contributed by atoms with Crippen LogP contribution < -0.4 is 5.32 Å². The van der Waals surface area contributed by atoms with Crippen molar-refractivity contribution in [1.82, 2.24) is 10.2 Å². The van der Waals surface area contributed by atoms with Gasteiger partial charge in [-0.05, 0) is 57.2 Å². The van der Waals surface area contributed by atoms with Crippen LogP contribution in [0.5, 0.6) is 0 Å². The quantitative estimate of drug-likeness (QED) is 0.792. The van der Waals surface area contributed by atoms with Gasteiger partial charge in [-0.1, -0.05) is 60.2 Å². The molecule has 0 saturated carbocycles. The molecule has 1 aliphatic heterocycles. The molecule has 0 aromatic heterocycles. The zero-order valence-corrected chi connectivity index (χ0v) is 16.7. The molecule has 0 aliphatic carbocycles. The topological polar surface area (TPSA) is 32.3 Å². The molecule has 2 aromatic carbocycles. The molecule has 1 aliphatic rings. The van der Waals surface area contributed by atoms with Crippen LogP contribution >= 0.6 is 0 Å². The van der Waals surface area contributed by atoms with Gasteiger partial charge in [-0.2, -0.15) is 0 Å². The first-order valence-corrected chi connectivity index (χ1v) is 10.2. The molecule has 27 heavy (non-hydrogen) atoms. The molecular weight excluding hydrogens is 332 g/mol. The summed E-state index contributed by atoms with van der Waals surface area (Å²) in [5.74, 6) is 0.340. The molecule has 0 bridgehead atoms.